The molecule has 0 saturated heterocycles. The SMILES string of the molecule is [2H]Oc1ccccc1C. The molecule has 1 nitrogen and oxygen atoms in total. The van der Waals surface area contributed by atoms with Crippen LogP contribution >= 0.6 is 0 Å². The summed E-state index contributed by atoms with van der Waals surface area (Å²) in [7, 11) is 0. The van der Waals surface area contributed by atoms with E-state index in [1.165, 1.54) is 0 Å². The molecule has 0 amide bonds. The molecule has 8 heavy (non-hydrogen) atoms. The Balaban J connectivity index is 3.01. The van der Waals surface area contributed by atoms with Crippen LogP contribution in [0.3, 0.4) is 0 Å². The van der Waals surface area contributed by atoms with Crippen molar-refractivity contribution in [3.63, 3.8) is 0 Å². The Morgan fingerprint density at radius 1 is 1.50 bits per heavy atom. The third-order valence-corrected chi connectivity index (χ3v) is 1.09. The second-order valence-corrected chi connectivity index (χ2v) is 1.77. The second kappa shape index (κ2) is 1.86. The minimum Gasteiger partial charge on any atom is -0.508 e. The number of rotatable bonds is 1. The molecule has 0 saturated carbocycles. The van der Waals surface area contributed by atoms with Crippen LogP contribution in [-0.4, -0.2) is 6.54 Å². The summed E-state index contributed by atoms with van der Waals surface area (Å²) in [6.07, 6.45) is 0. The van der Waals surface area contributed by atoms with E-state index >= 15 is 0 Å². The Hall–Kier alpha value is -0.980. The van der Waals surface area contributed by atoms with Gasteiger partial charge in [0.15, 0.2) is 0 Å². The first-order valence-electron chi connectivity index (χ1n) is 2.94. The zero-order valence-corrected chi connectivity index (χ0v) is 4.72. The number of aryl methyl sites for hydroxylation is 1. The molecule has 0 radical (unpaired) electrons. The lowest BCUT2D eigenvalue weighted by molar-refractivity contribution is 0.471. The molecule has 1 aromatic carbocycles. The van der Waals surface area contributed by atoms with E-state index in [-0.39, 0.29) is 0 Å². The van der Waals surface area contributed by atoms with Crippen molar-refractivity contribution in [1.29, 1.82) is 1.43 Å². The minimum absolute atomic E-state index is 0.623. The summed E-state index contributed by atoms with van der Waals surface area (Å²) < 4.78 is 6.58. The molecule has 0 aliphatic heterocycles. The van der Waals surface area contributed by atoms with E-state index in [9.17, 15) is 0 Å². The van der Waals surface area contributed by atoms with Crippen LogP contribution in [0, 0.1) is 6.92 Å². The fraction of sp³-hybridized carbons (Fsp3) is 0.143. The summed E-state index contributed by atoms with van der Waals surface area (Å²) in [5, 5.41) is 4.29. The third kappa shape index (κ3) is 0.808. The first-order valence-corrected chi connectivity index (χ1v) is 2.53. The smallest absolute Gasteiger partial charge is 0.293 e. The number of phenolic OH excluding ortho intramolecular Hbond substituents is 1. The van der Waals surface area contributed by atoms with E-state index in [4.69, 9.17) is 1.43 Å². The highest BCUT2D eigenvalue weighted by molar-refractivity contribution is 5.29. The van der Waals surface area contributed by atoms with E-state index in [0.29, 0.717) is 5.75 Å². The van der Waals surface area contributed by atoms with Gasteiger partial charge in [-0.25, -0.2) is 0 Å². The van der Waals surface area contributed by atoms with Gasteiger partial charge in [-0.2, -0.15) is 0 Å². The van der Waals surface area contributed by atoms with Crippen molar-refractivity contribution in [2.45, 2.75) is 6.92 Å². The molecular formula is C7H8O. The van der Waals surface area contributed by atoms with Crippen molar-refractivity contribution in [3.8, 4) is 5.75 Å². The van der Waals surface area contributed by atoms with Crippen molar-refractivity contribution in [3.05, 3.63) is 29.8 Å². The summed E-state index contributed by atoms with van der Waals surface area (Å²) in [5.41, 5.74) is 0.993. The summed E-state index contributed by atoms with van der Waals surface area (Å²) in [6, 6.07) is 7.43. The molecule has 0 aliphatic carbocycles. The topological polar surface area (TPSA) is 20.2 Å². The van der Waals surface area contributed by atoms with Gasteiger partial charge in [-0.05, 0) is 18.6 Å². The quantitative estimate of drug-likeness (QED) is 0.582. The van der Waals surface area contributed by atoms with Crippen molar-refractivity contribution in [2.75, 3.05) is 0 Å². The molecule has 0 bridgehead atoms. The number of benzene rings is 1. The Morgan fingerprint density at radius 2 is 2.25 bits per heavy atom. The van der Waals surface area contributed by atoms with Gasteiger partial charge in [0.05, 0.1) is 0 Å². The molecule has 0 atom stereocenters. The number of hydrogen-bond donors (Lipinski definition) is 1. The molecule has 0 heterocycles. The van der Waals surface area contributed by atoms with Gasteiger partial charge in [-0.3, -0.25) is 0 Å². The lowest BCUT2D eigenvalue weighted by Crippen LogP contribution is -1.68. The van der Waals surface area contributed by atoms with Crippen LogP contribution in [0.15, 0.2) is 24.3 Å². The maximum Gasteiger partial charge on any atom is 0.293 e. The summed E-state index contributed by atoms with van der Waals surface area (Å²) in [5.74, 6) is 0.623. The van der Waals surface area contributed by atoms with Gasteiger partial charge in [-0.15, -0.1) is 0 Å². The predicted octanol–water partition coefficient (Wildman–Crippen LogP) is 1.70. The molecular weight excluding hydrogens is 100 g/mol. The van der Waals surface area contributed by atoms with E-state index in [2.05, 4.69) is 5.11 Å². The highest BCUT2D eigenvalue weighted by atomic mass is 16.3. The van der Waals surface area contributed by atoms with Gasteiger partial charge in [0.2, 0.25) is 0 Å². The van der Waals surface area contributed by atoms with Crippen LogP contribution in [0.1, 0.15) is 5.56 Å². The molecule has 0 fully saturated rings. The molecule has 1 N–H and O–H groups in total. The van der Waals surface area contributed by atoms with Crippen LogP contribution in [0.5, 0.6) is 5.75 Å². The molecule has 0 aromatic heterocycles. The lowest BCUT2D eigenvalue weighted by Gasteiger charge is -1.92. The highest BCUT2D eigenvalue weighted by Crippen LogP contribution is 2.12. The standard InChI is InChI=1S/C7H8O/c1-6-4-2-3-5-7(6)8/h2-5,8H,1H3/i/hD. The fourth-order valence-electron chi connectivity index (χ4n) is 0.556. The van der Waals surface area contributed by atoms with Crippen molar-refractivity contribution in [2.24, 2.45) is 0 Å². The van der Waals surface area contributed by atoms with E-state index in [0.717, 1.165) is 5.56 Å². The number of hydrogen-bond acceptors (Lipinski definition) is 1. The molecule has 42 valence electrons. The van der Waals surface area contributed by atoms with Gasteiger partial charge in [-0.1, -0.05) is 18.2 Å². The van der Waals surface area contributed by atoms with Crippen molar-refractivity contribution < 1.29 is 5.11 Å². The van der Waals surface area contributed by atoms with Gasteiger partial charge in [0.25, 0.3) is 1.43 Å². The monoisotopic (exact) mass is 109 g/mol. The van der Waals surface area contributed by atoms with Crippen molar-refractivity contribution >= 4 is 0 Å². The first-order chi connectivity index (χ1) is 4.34. The number of para-hydroxylation sites is 1. The first kappa shape index (κ1) is 3.96. The average molecular weight is 109 g/mol. The maximum absolute atomic E-state index is 6.58. The van der Waals surface area contributed by atoms with Crippen LogP contribution in [-0.2, 0) is 0 Å². The average Bonchev–Trinajstić information content (AvgIpc) is 1.89. The lowest BCUT2D eigenvalue weighted by atomic mass is 10.2. The molecule has 1 aromatic rings. The zero-order chi connectivity index (χ0) is 6.69. The van der Waals surface area contributed by atoms with Crippen LogP contribution in [0.2, 0.25) is 0 Å². The predicted molar refractivity (Wildman–Crippen MR) is 32.8 cm³/mol. The summed E-state index contributed by atoms with van der Waals surface area (Å²) >= 11 is 0. The van der Waals surface area contributed by atoms with Crippen LogP contribution < -0.4 is 0 Å². The molecule has 0 unspecified atom stereocenters. The number of phenols is 1. The molecule has 0 aliphatic rings. The number of aromatic hydroxyl groups is 1. The summed E-state index contributed by atoms with van der Waals surface area (Å²) in [4.78, 5) is 0. The Bertz CT molecular complexity index is 198. The van der Waals surface area contributed by atoms with Gasteiger partial charge >= 0.3 is 0 Å². The largest absolute Gasteiger partial charge is 0.508 e. The minimum atomic E-state index is 0.623. The highest BCUT2D eigenvalue weighted by Gasteiger charge is 1.86. The Morgan fingerprint density at radius 3 is 2.75 bits per heavy atom. The van der Waals surface area contributed by atoms with E-state index in [1.807, 2.05) is 25.1 Å². The van der Waals surface area contributed by atoms with Gasteiger partial charge < -0.3 is 5.11 Å². The zero-order valence-electron chi connectivity index (χ0n) is 5.72. The Labute approximate surface area is 50.1 Å². The summed E-state index contributed by atoms with van der Waals surface area (Å²) in [6.45, 7) is 1.91. The molecule has 1 heteroatoms. The second-order valence-electron chi connectivity index (χ2n) is 1.77. The van der Waals surface area contributed by atoms with Gasteiger partial charge in [0.1, 0.15) is 5.75 Å². The normalized spacial score (nSPS) is 10.4. The van der Waals surface area contributed by atoms with Crippen molar-refractivity contribution in [1.82, 2.24) is 0 Å². The Kier molecular flexibility index (Phi) is 0.922. The van der Waals surface area contributed by atoms with E-state index in [1.54, 1.807) is 6.07 Å². The molecule has 0 spiro atoms. The van der Waals surface area contributed by atoms with Crippen LogP contribution in [0.25, 0.3) is 0 Å². The van der Waals surface area contributed by atoms with Gasteiger partial charge in [0, 0.05) is 0 Å². The fourth-order valence-corrected chi connectivity index (χ4v) is 0.556. The molecule has 1 rings (SSSR count). The maximum atomic E-state index is 6.58. The van der Waals surface area contributed by atoms with Crippen LogP contribution in [0.4, 0.5) is 0 Å². The van der Waals surface area contributed by atoms with E-state index < -0.39 is 0 Å². The third-order valence-electron chi connectivity index (χ3n) is 1.09.